The van der Waals surface area contributed by atoms with Crippen molar-refractivity contribution in [1.82, 2.24) is 10.2 Å². The van der Waals surface area contributed by atoms with E-state index in [9.17, 15) is 9.59 Å². The summed E-state index contributed by atoms with van der Waals surface area (Å²) < 4.78 is 11.0. The Morgan fingerprint density at radius 3 is 1.57 bits per heavy atom. The molecule has 0 unspecified atom stereocenters. The Kier molecular flexibility index (Phi) is 15.6. The number of likely N-dealkylation sites (N-methyl/N-ethyl adjacent to an activating group) is 2. The molecule has 37 heavy (non-hydrogen) atoms. The van der Waals surface area contributed by atoms with Crippen LogP contribution < -0.4 is 14.8 Å². The molecule has 0 aliphatic carbocycles. The average molecular weight is 523 g/mol. The van der Waals surface area contributed by atoms with Crippen LogP contribution in [0.5, 0.6) is 11.5 Å². The third-order valence-electron chi connectivity index (χ3n) is 5.08. The fourth-order valence-corrected chi connectivity index (χ4v) is 3.09. The first kappa shape index (κ1) is 31.8. The number of aliphatic hydroxyl groups is 4. The maximum absolute atomic E-state index is 11.6. The summed E-state index contributed by atoms with van der Waals surface area (Å²) in [5.74, 6) is -0.0793. The Labute approximate surface area is 216 Å². The van der Waals surface area contributed by atoms with Gasteiger partial charge in [0.25, 0.3) is 0 Å². The topological polar surface area (TPSA) is 169 Å². The molecule has 0 heterocycles. The number of nitrogens with one attached hydrogen (secondary N) is 1. The first-order valence-electron chi connectivity index (χ1n) is 11.8. The van der Waals surface area contributed by atoms with Crippen molar-refractivity contribution in [2.45, 2.75) is 39.3 Å². The monoisotopic (exact) mass is 522 g/mol. The van der Waals surface area contributed by atoms with Crippen molar-refractivity contribution in [2.75, 3.05) is 40.4 Å². The van der Waals surface area contributed by atoms with Gasteiger partial charge in [-0.05, 0) is 53.6 Å². The van der Waals surface area contributed by atoms with E-state index in [0.717, 1.165) is 17.7 Å². The van der Waals surface area contributed by atoms with Gasteiger partial charge < -0.3 is 45.2 Å². The maximum atomic E-state index is 11.6. The molecule has 0 saturated heterocycles. The van der Waals surface area contributed by atoms with Crippen LogP contribution in [0.25, 0.3) is 0 Å². The highest BCUT2D eigenvalue weighted by molar-refractivity contribution is 5.80. The van der Waals surface area contributed by atoms with E-state index < -0.39 is 5.97 Å². The molecule has 0 aliphatic rings. The number of ether oxygens (including phenoxy) is 2. The molecule has 11 heteroatoms. The van der Waals surface area contributed by atoms with Gasteiger partial charge in [-0.3, -0.25) is 9.59 Å². The third kappa shape index (κ3) is 13.1. The molecule has 0 radical (unpaired) electrons. The fourth-order valence-electron chi connectivity index (χ4n) is 3.09. The van der Waals surface area contributed by atoms with Crippen LogP contribution in [0.15, 0.2) is 36.4 Å². The molecule has 6 N–H and O–H groups in total. The predicted octanol–water partition coefficient (Wildman–Crippen LogP) is 0.643. The van der Waals surface area contributed by atoms with Gasteiger partial charge in [0, 0.05) is 20.0 Å². The highest BCUT2D eigenvalue weighted by Gasteiger charge is 2.11. The van der Waals surface area contributed by atoms with Crippen molar-refractivity contribution in [3.05, 3.63) is 58.7 Å². The molecule has 0 fully saturated rings. The van der Waals surface area contributed by atoms with Gasteiger partial charge in [-0.2, -0.15) is 0 Å². The Hall–Kier alpha value is -3.22. The Balaban J connectivity index is 0.000000397. The van der Waals surface area contributed by atoms with E-state index in [4.69, 9.17) is 35.0 Å². The molecule has 1 amide bonds. The number of aliphatic carboxylic acids is 1. The Morgan fingerprint density at radius 1 is 0.757 bits per heavy atom. The lowest BCUT2D eigenvalue weighted by Gasteiger charge is -2.17. The van der Waals surface area contributed by atoms with Crippen molar-refractivity contribution < 1.29 is 44.6 Å². The molecule has 0 aliphatic heterocycles. The van der Waals surface area contributed by atoms with E-state index in [1.54, 1.807) is 43.4 Å². The number of nitrogens with zero attached hydrogens (tertiary/aromatic N) is 1. The number of benzene rings is 2. The normalized spacial score (nSPS) is 10.3. The van der Waals surface area contributed by atoms with Crippen LogP contribution >= 0.6 is 0 Å². The molecular weight excluding hydrogens is 484 g/mol. The first-order chi connectivity index (χ1) is 17.8. The highest BCUT2D eigenvalue weighted by Crippen LogP contribution is 2.18. The third-order valence-corrected chi connectivity index (χ3v) is 5.08. The van der Waals surface area contributed by atoms with Crippen LogP contribution in [0.1, 0.15) is 35.1 Å². The van der Waals surface area contributed by atoms with Gasteiger partial charge in [0.1, 0.15) is 24.7 Å². The number of carboxylic acids is 1. The van der Waals surface area contributed by atoms with Gasteiger partial charge in [-0.1, -0.05) is 12.1 Å². The molecule has 0 saturated carbocycles. The maximum Gasteiger partial charge on any atom is 0.303 e. The van der Waals surface area contributed by atoms with Crippen molar-refractivity contribution in [3.8, 4) is 11.5 Å². The van der Waals surface area contributed by atoms with Gasteiger partial charge in [0.15, 0.2) is 0 Å². The lowest BCUT2D eigenvalue weighted by molar-refractivity contribution is -0.140. The number of aliphatic hydroxyl groups excluding tert-OH is 4. The van der Waals surface area contributed by atoms with Crippen LogP contribution in [-0.4, -0.2) is 82.7 Å². The zero-order valence-corrected chi connectivity index (χ0v) is 21.4. The van der Waals surface area contributed by atoms with Gasteiger partial charge in [0.2, 0.25) is 5.91 Å². The summed E-state index contributed by atoms with van der Waals surface area (Å²) in [6.07, 6.45) is -0.233. The molecule has 0 bridgehead atoms. The zero-order chi connectivity index (χ0) is 27.6. The summed E-state index contributed by atoms with van der Waals surface area (Å²) in [6, 6.07) is 10.3. The summed E-state index contributed by atoms with van der Waals surface area (Å²) in [6.45, 7) is 1.47. The van der Waals surface area contributed by atoms with Crippen LogP contribution in [0.4, 0.5) is 0 Å². The smallest absolute Gasteiger partial charge is 0.303 e. The second kappa shape index (κ2) is 18.1. The molecular formula is C26H38N2O9. The lowest BCUT2D eigenvalue weighted by atomic mass is 10.1. The molecule has 2 rings (SSSR count). The minimum absolute atomic E-state index is 0.0412. The van der Waals surface area contributed by atoms with Crippen molar-refractivity contribution in [1.29, 1.82) is 0 Å². The summed E-state index contributed by atoms with van der Waals surface area (Å²) in [5, 5.41) is 47.8. The van der Waals surface area contributed by atoms with E-state index in [1.807, 2.05) is 7.05 Å². The number of carbonyl (C=O) groups is 2. The molecule has 0 aromatic heterocycles. The summed E-state index contributed by atoms with van der Waals surface area (Å²) in [5.41, 5.74) is 2.77. The molecule has 0 spiro atoms. The Morgan fingerprint density at radius 2 is 1.19 bits per heavy atom. The molecule has 2 aromatic carbocycles. The molecule has 206 valence electrons. The van der Waals surface area contributed by atoms with E-state index in [0.29, 0.717) is 35.8 Å². The average Bonchev–Trinajstić information content (AvgIpc) is 2.91. The van der Waals surface area contributed by atoms with Crippen LogP contribution in [0.3, 0.4) is 0 Å². The minimum atomic E-state index is -1.00. The van der Waals surface area contributed by atoms with Crippen molar-refractivity contribution >= 4 is 11.9 Å². The van der Waals surface area contributed by atoms with E-state index >= 15 is 0 Å². The number of hydrogen-bond donors (Lipinski definition) is 6. The van der Waals surface area contributed by atoms with Gasteiger partial charge >= 0.3 is 5.97 Å². The first-order valence-corrected chi connectivity index (χ1v) is 11.8. The number of rotatable bonds is 15. The highest BCUT2D eigenvalue weighted by atomic mass is 16.5. The number of amides is 1. The van der Waals surface area contributed by atoms with Crippen LogP contribution in [-0.2, 0) is 36.0 Å². The van der Waals surface area contributed by atoms with Gasteiger partial charge in [-0.15, -0.1) is 0 Å². The van der Waals surface area contributed by atoms with E-state index in [2.05, 4.69) is 5.32 Å². The summed E-state index contributed by atoms with van der Waals surface area (Å²) in [7, 11) is 3.43. The Bertz CT molecular complexity index is 925. The van der Waals surface area contributed by atoms with E-state index in [1.165, 1.54) is 4.90 Å². The number of carboxylic acid groups (broad SMARTS) is 1. The van der Waals surface area contributed by atoms with Gasteiger partial charge in [-0.25, -0.2) is 0 Å². The van der Waals surface area contributed by atoms with E-state index in [-0.39, 0.29) is 51.8 Å². The lowest BCUT2D eigenvalue weighted by Crippen LogP contribution is -2.31. The SMILES string of the molecule is CN(CCOc1cc(CO)cc(CO)c1)C(=O)CCC(=O)O.CNCCOc1cc(CO)cc(CO)c1. The number of hydrogen-bond acceptors (Lipinski definition) is 9. The standard InChI is InChI=1S/C15H21NO6.C11H17NO3/c1-16(14(19)2-3-15(20)21)4-5-22-13-7-11(9-17)6-12(8-13)10-18;1-12-2-3-15-11-5-9(7-13)4-10(6-11)8-14/h6-8,17-18H,2-5,9-10H2,1H3,(H,20,21);4-6,12-14H,2-3,7-8H2,1H3. The molecule has 0 atom stereocenters. The van der Waals surface area contributed by atoms with Crippen LogP contribution in [0, 0.1) is 0 Å². The summed E-state index contributed by atoms with van der Waals surface area (Å²) >= 11 is 0. The van der Waals surface area contributed by atoms with Gasteiger partial charge in [0.05, 0.1) is 39.4 Å². The summed E-state index contributed by atoms with van der Waals surface area (Å²) in [4.78, 5) is 23.5. The quantitative estimate of drug-likeness (QED) is 0.183. The molecule has 2 aromatic rings. The van der Waals surface area contributed by atoms with Crippen molar-refractivity contribution in [3.63, 3.8) is 0 Å². The zero-order valence-electron chi connectivity index (χ0n) is 21.4. The van der Waals surface area contributed by atoms with Crippen LogP contribution in [0.2, 0.25) is 0 Å². The second-order valence-electron chi connectivity index (χ2n) is 8.11. The minimum Gasteiger partial charge on any atom is -0.492 e. The van der Waals surface area contributed by atoms with Crippen molar-refractivity contribution in [2.24, 2.45) is 0 Å². The second-order valence-corrected chi connectivity index (χ2v) is 8.11. The largest absolute Gasteiger partial charge is 0.492 e. The fraction of sp³-hybridized carbons (Fsp3) is 0.462. The number of carbonyl (C=O) groups excluding carboxylic acids is 1. The predicted molar refractivity (Wildman–Crippen MR) is 136 cm³/mol. The molecule has 11 nitrogen and oxygen atoms in total.